The zero-order valence-corrected chi connectivity index (χ0v) is 11.4. The van der Waals surface area contributed by atoms with Crippen LogP contribution >= 0.6 is 11.8 Å². The lowest BCUT2D eigenvalue weighted by molar-refractivity contribution is -0.113. The highest BCUT2D eigenvalue weighted by Crippen LogP contribution is 2.26. The second kappa shape index (κ2) is 7.29. The van der Waals surface area contributed by atoms with Crippen LogP contribution < -0.4 is 0 Å². The van der Waals surface area contributed by atoms with Gasteiger partial charge in [0.15, 0.2) is 5.78 Å². The number of allylic oxidation sites excluding steroid dienone is 4. The van der Waals surface area contributed by atoms with Gasteiger partial charge in [-0.05, 0) is 38.8 Å². The van der Waals surface area contributed by atoms with Gasteiger partial charge in [0.05, 0.1) is 0 Å². The molecule has 0 saturated heterocycles. The lowest BCUT2D eigenvalue weighted by Crippen LogP contribution is -2.01. The molecule has 0 aromatic carbocycles. The molecule has 0 unspecified atom stereocenters. The van der Waals surface area contributed by atoms with E-state index in [-0.39, 0.29) is 5.78 Å². The van der Waals surface area contributed by atoms with Crippen molar-refractivity contribution in [2.45, 2.75) is 27.7 Å². The number of rotatable bonds is 6. The molecule has 0 saturated carbocycles. The molecule has 0 amide bonds. The average molecular weight is 236 g/mol. The van der Waals surface area contributed by atoms with E-state index < -0.39 is 0 Å². The summed E-state index contributed by atoms with van der Waals surface area (Å²) < 4.78 is 0. The summed E-state index contributed by atoms with van der Waals surface area (Å²) in [7, 11) is 0. The summed E-state index contributed by atoms with van der Waals surface area (Å²) in [6.07, 6.45) is 3.97. The molecule has 0 aromatic rings. The van der Waals surface area contributed by atoms with E-state index in [1.165, 1.54) is 5.57 Å². The highest BCUT2D eigenvalue weighted by Gasteiger charge is 2.08. The molecule has 0 aliphatic heterocycles. The molecule has 0 aliphatic rings. The van der Waals surface area contributed by atoms with E-state index in [0.717, 1.165) is 16.2 Å². The zero-order chi connectivity index (χ0) is 12.7. The SMILES string of the molecule is C=C(SC/C(=C/C)C(=C)C(C)=O)/C(C)=C/C. The van der Waals surface area contributed by atoms with Crippen LogP contribution in [0.5, 0.6) is 0 Å². The second-order valence-corrected chi connectivity index (χ2v) is 4.60. The largest absolute Gasteiger partial charge is 0.295 e. The minimum Gasteiger partial charge on any atom is -0.295 e. The maximum Gasteiger partial charge on any atom is 0.159 e. The van der Waals surface area contributed by atoms with Gasteiger partial charge in [0.1, 0.15) is 0 Å². The van der Waals surface area contributed by atoms with Crippen LogP contribution in [0.3, 0.4) is 0 Å². The number of hydrogen-bond acceptors (Lipinski definition) is 2. The van der Waals surface area contributed by atoms with E-state index >= 15 is 0 Å². The van der Waals surface area contributed by atoms with Gasteiger partial charge >= 0.3 is 0 Å². The topological polar surface area (TPSA) is 17.1 Å². The molecule has 16 heavy (non-hydrogen) atoms. The highest BCUT2D eigenvalue weighted by atomic mass is 32.2. The lowest BCUT2D eigenvalue weighted by atomic mass is 10.1. The summed E-state index contributed by atoms with van der Waals surface area (Å²) in [4.78, 5) is 12.2. The smallest absolute Gasteiger partial charge is 0.159 e. The number of carbonyl (C=O) groups is 1. The van der Waals surface area contributed by atoms with Crippen molar-refractivity contribution in [3.8, 4) is 0 Å². The zero-order valence-electron chi connectivity index (χ0n) is 10.6. The summed E-state index contributed by atoms with van der Waals surface area (Å²) in [6, 6.07) is 0. The Morgan fingerprint density at radius 1 is 1.19 bits per heavy atom. The molecule has 2 heteroatoms. The minimum absolute atomic E-state index is 0.0297. The van der Waals surface area contributed by atoms with Gasteiger partial charge in [-0.3, -0.25) is 4.79 Å². The van der Waals surface area contributed by atoms with E-state index in [1.54, 1.807) is 18.7 Å². The number of Topliss-reactive ketones (excluding diaryl/α,β-unsaturated/α-hetero) is 1. The predicted molar refractivity (Wildman–Crippen MR) is 74.6 cm³/mol. The fourth-order valence-electron chi connectivity index (χ4n) is 1.01. The van der Waals surface area contributed by atoms with Crippen LogP contribution in [0.4, 0.5) is 0 Å². The van der Waals surface area contributed by atoms with Gasteiger partial charge in [0.25, 0.3) is 0 Å². The quantitative estimate of drug-likeness (QED) is 0.505. The first-order valence-corrected chi connectivity index (χ1v) is 6.23. The van der Waals surface area contributed by atoms with Crippen LogP contribution in [-0.2, 0) is 4.79 Å². The van der Waals surface area contributed by atoms with E-state index in [2.05, 4.69) is 13.2 Å². The highest BCUT2D eigenvalue weighted by molar-refractivity contribution is 8.03. The Morgan fingerprint density at radius 3 is 2.12 bits per heavy atom. The third-order valence-electron chi connectivity index (χ3n) is 2.44. The number of hydrogen-bond donors (Lipinski definition) is 0. The van der Waals surface area contributed by atoms with Crippen molar-refractivity contribution in [1.82, 2.24) is 0 Å². The second-order valence-electron chi connectivity index (χ2n) is 3.53. The fraction of sp³-hybridized carbons (Fsp3) is 0.357. The van der Waals surface area contributed by atoms with Gasteiger partial charge in [-0.15, -0.1) is 11.8 Å². The van der Waals surface area contributed by atoms with Crippen LogP contribution in [-0.4, -0.2) is 11.5 Å². The summed E-state index contributed by atoms with van der Waals surface area (Å²) in [6.45, 7) is 15.3. The van der Waals surface area contributed by atoms with Gasteiger partial charge in [-0.1, -0.05) is 25.3 Å². The first kappa shape index (κ1) is 15.0. The third-order valence-corrected chi connectivity index (χ3v) is 3.56. The molecule has 0 atom stereocenters. The van der Waals surface area contributed by atoms with E-state index in [0.29, 0.717) is 5.57 Å². The Hall–Kier alpha value is -1.02. The molecular weight excluding hydrogens is 216 g/mol. The summed E-state index contributed by atoms with van der Waals surface area (Å²) >= 11 is 1.64. The minimum atomic E-state index is 0.0297. The van der Waals surface area contributed by atoms with Crippen LogP contribution in [0.2, 0.25) is 0 Å². The molecular formula is C14H20OS. The van der Waals surface area contributed by atoms with Crippen molar-refractivity contribution >= 4 is 17.5 Å². The van der Waals surface area contributed by atoms with Crippen LogP contribution in [0.25, 0.3) is 0 Å². The van der Waals surface area contributed by atoms with Crippen molar-refractivity contribution in [3.63, 3.8) is 0 Å². The standard InChI is InChI=1S/C14H20OS/c1-7-10(3)13(6)16-9-14(8-2)11(4)12(5)15/h7-8H,4,6,9H2,1-3,5H3/b10-7+,14-8-. The van der Waals surface area contributed by atoms with Crippen molar-refractivity contribution in [2.75, 3.05) is 5.75 Å². The maximum atomic E-state index is 11.2. The Kier molecular flexibility index (Phi) is 6.82. The van der Waals surface area contributed by atoms with E-state index in [1.807, 2.05) is 32.9 Å². The van der Waals surface area contributed by atoms with E-state index in [4.69, 9.17) is 0 Å². The molecule has 0 heterocycles. The molecule has 0 aliphatic carbocycles. The van der Waals surface area contributed by atoms with Crippen molar-refractivity contribution in [3.05, 3.63) is 46.9 Å². The first-order chi connectivity index (χ1) is 7.43. The monoisotopic (exact) mass is 236 g/mol. The molecule has 88 valence electrons. The average Bonchev–Trinajstić information content (AvgIpc) is 2.27. The van der Waals surface area contributed by atoms with Gasteiger partial charge in [-0.25, -0.2) is 0 Å². The Balaban J connectivity index is 4.45. The maximum absolute atomic E-state index is 11.2. The van der Waals surface area contributed by atoms with Crippen LogP contribution in [0, 0.1) is 0 Å². The summed E-state index contributed by atoms with van der Waals surface area (Å²) in [5, 5.41) is 0. The molecule has 0 aromatic heterocycles. The Labute approximate surface area is 103 Å². The molecule has 0 bridgehead atoms. The van der Waals surface area contributed by atoms with E-state index in [9.17, 15) is 4.79 Å². The molecule has 0 N–H and O–H groups in total. The molecule has 1 nitrogen and oxygen atoms in total. The lowest BCUT2D eigenvalue weighted by Gasteiger charge is -2.09. The summed E-state index contributed by atoms with van der Waals surface area (Å²) in [5.74, 6) is 0.779. The normalized spacial score (nSPS) is 12.5. The van der Waals surface area contributed by atoms with Crippen LogP contribution in [0.15, 0.2) is 46.9 Å². The summed E-state index contributed by atoms with van der Waals surface area (Å²) in [5.41, 5.74) is 2.76. The fourth-order valence-corrected chi connectivity index (χ4v) is 2.03. The molecule has 0 spiro atoms. The van der Waals surface area contributed by atoms with Crippen molar-refractivity contribution in [2.24, 2.45) is 0 Å². The number of ketones is 1. The molecule has 0 fully saturated rings. The third kappa shape index (κ3) is 4.67. The van der Waals surface area contributed by atoms with Gasteiger partial charge in [-0.2, -0.15) is 0 Å². The predicted octanol–water partition coefficient (Wildman–Crippen LogP) is 4.29. The van der Waals surface area contributed by atoms with Crippen molar-refractivity contribution in [1.29, 1.82) is 0 Å². The molecule has 0 radical (unpaired) electrons. The van der Waals surface area contributed by atoms with Crippen LogP contribution in [0.1, 0.15) is 27.7 Å². The van der Waals surface area contributed by atoms with Gasteiger partial charge < -0.3 is 0 Å². The Bertz CT molecular complexity index is 359. The van der Waals surface area contributed by atoms with Gasteiger partial charge in [0.2, 0.25) is 0 Å². The molecule has 0 rings (SSSR count). The number of carbonyl (C=O) groups excluding carboxylic acids is 1. The van der Waals surface area contributed by atoms with Gasteiger partial charge in [0, 0.05) is 16.2 Å². The Morgan fingerprint density at radius 2 is 1.75 bits per heavy atom. The number of thioether (sulfide) groups is 1. The first-order valence-electron chi connectivity index (χ1n) is 5.24. The van der Waals surface area contributed by atoms with Crippen molar-refractivity contribution < 1.29 is 4.79 Å².